The molecule has 2 N–H and O–H groups in total. The number of thiophene rings is 1. The number of aromatic nitrogens is 2. The molecule has 3 aromatic rings. The third kappa shape index (κ3) is 5.95. The van der Waals surface area contributed by atoms with Crippen molar-refractivity contribution in [3.05, 3.63) is 57.0 Å². The van der Waals surface area contributed by atoms with Crippen LogP contribution in [0.5, 0.6) is 0 Å². The number of nitrogens with zero attached hydrogens (tertiary/aromatic N) is 3. The summed E-state index contributed by atoms with van der Waals surface area (Å²) in [7, 11) is 0. The number of carbonyl (C=O) groups excluding carboxylic acids is 2. The van der Waals surface area contributed by atoms with Crippen molar-refractivity contribution in [2.24, 2.45) is 0 Å². The summed E-state index contributed by atoms with van der Waals surface area (Å²) in [5.74, 6) is -0.131. The van der Waals surface area contributed by atoms with Crippen LogP contribution in [0.4, 0.5) is 5.69 Å². The average Bonchev–Trinajstić information content (AvgIpc) is 3.19. The van der Waals surface area contributed by atoms with E-state index in [4.69, 9.17) is 4.74 Å². The number of hydrogen-bond acceptors (Lipinski definition) is 7. The lowest BCUT2D eigenvalue weighted by molar-refractivity contribution is -0.116. The van der Waals surface area contributed by atoms with E-state index in [2.05, 4.69) is 34.4 Å². The first-order valence-electron chi connectivity index (χ1n) is 11.8. The Morgan fingerprint density at radius 2 is 1.89 bits per heavy atom. The Kier molecular flexibility index (Phi) is 7.94. The van der Waals surface area contributed by atoms with Gasteiger partial charge >= 0.3 is 0 Å². The van der Waals surface area contributed by atoms with Gasteiger partial charge in [0.05, 0.1) is 29.8 Å². The molecule has 10 heteroatoms. The zero-order valence-corrected chi connectivity index (χ0v) is 21.1. The van der Waals surface area contributed by atoms with Crippen LogP contribution in [0, 0.1) is 6.92 Å². The number of rotatable bonds is 8. The Bertz CT molecular complexity index is 1260. The summed E-state index contributed by atoms with van der Waals surface area (Å²) in [6, 6.07) is 7.65. The molecule has 0 unspecified atom stereocenters. The largest absolute Gasteiger partial charge is 0.379 e. The first-order valence-corrected chi connectivity index (χ1v) is 12.6. The molecule has 4 rings (SSSR count). The number of anilines is 1. The van der Waals surface area contributed by atoms with Gasteiger partial charge in [-0.15, -0.1) is 11.3 Å². The van der Waals surface area contributed by atoms with Crippen molar-refractivity contribution in [1.29, 1.82) is 0 Å². The van der Waals surface area contributed by atoms with Crippen molar-refractivity contribution in [2.75, 3.05) is 44.7 Å². The zero-order chi connectivity index (χ0) is 24.9. The van der Waals surface area contributed by atoms with Crippen LogP contribution in [0.2, 0.25) is 0 Å². The van der Waals surface area contributed by atoms with Gasteiger partial charge in [-0.2, -0.15) is 0 Å². The molecular formula is C25H31N5O4S. The number of fused-ring (bicyclic) bond motifs is 1. The van der Waals surface area contributed by atoms with Gasteiger partial charge in [0.15, 0.2) is 0 Å². The summed E-state index contributed by atoms with van der Waals surface area (Å²) in [5, 5.41) is 6.14. The predicted octanol–water partition coefficient (Wildman–Crippen LogP) is 2.59. The first kappa shape index (κ1) is 25.0. The van der Waals surface area contributed by atoms with Gasteiger partial charge in [-0.05, 0) is 36.1 Å². The van der Waals surface area contributed by atoms with Gasteiger partial charge in [0.1, 0.15) is 11.4 Å². The number of aryl methyl sites for hydroxylation is 1. The van der Waals surface area contributed by atoms with E-state index in [-0.39, 0.29) is 23.9 Å². The molecule has 1 saturated heterocycles. The van der Waals surface area contributed by atoms with Gasteiger partial charge in [-0.3, -0.25) is 23.9 Å². The van der Waals surface area contributed by atoms with Gasteiger partial charge in [-0.1, -0.05) is 26.0 Å². The molecule has 9 nitrogen and oxygen atoms in total. The van der Waals surface area contributed by atoms with Gasteiger partial charge in [0.2, 0.25) is 5.91 Å². The number of nitrogens with one attached hydrogen (secondary N) is 2. The molecule has 0 spiro atoms. The molecule has 35 heavy (non-hydrogen) atoms. The molecule has 186 valence electrons. The standard InChI is InChI=1S/C25H31N5O4S/c1-16(2)18-4-6-19(7-5-18)28-20(31)14-30-15-27-24-21(25(30)33)17(3)22(35-24)23(32)26-8-9-29-10-12-34-13-11-29/h4-7,15-16H,8-14H2,1-3H3,(H,26,32)(H,28,31). The summed E-state index contributed by atoms with van der Waals surface area (Å²) >= 11 is 1.20. The summed E-state index contributed by atoms with van der Waals surface area (Å²) in [6.45, 7) is 10.2. The fourth-order valence-corrected chi connectivity index (χ4v) is 5.08. The van der Waals surface area contributed by atoms with Crippen LogP contribution < -0.4 is 16.2 Å². The molecule has 1 aromatic carbocycles. The van der Waals surface area contributed by atoms with Crippen molar-refractivity contribution >= 4 is 39.1 Å². The Labute approximate surface area is 208 Å². The van der Waals surface area contributed by atoms with Crippen molar-refractivity contribution in [3.63, 3.8) is 0 Å². The molecule has 0 atom stereocenters. The molecule has 0 saturated carbocycles. The van der Waals surface area contributed by atoms with Crippen molar-refractivity contribution in [3.8, 4) is 0 Å². The Morgan fingerprint density at radius 3 is 2.57 bits per heavy atom. The van der Waals surface area contributed by atoms with Gasteiger partial charge < -0.3 is 15.4 Å². The summed E-state index contributed by atoms with van der Waals surface area (Å²) in [5.41, 5.74) is 2.11. The monoisotopic (exact) mass is 497 g/mol. The molecule has 1 aliphatic heterocycles. The van der Waals surface area contributed by atoms with E-state index >= 15 is 0 Å². The van der Waals surface area contributed by atoms with Crippen LogP contribution in [0.25, 0.3) is 10.2 Å². The normalized spacial score (nSPS) is 14.4. The number of carbonyl (C=O) groups is 2. The van der Waals surface area contributed by atoms with Crippen LogP contribution in [-0.4, -0.2) is 65.7 Å². The second kappa shape index (κ2) is 11.1. The summed E-state index contributed by atoms with van der Waals surface area (Å²) in [4.78, 5) is 46.0. The van der Waals surface area contributed by atoms with Crippen LogP contribution in [0.1, 0.15) is 40.6 Å². The maximum atomic E-state index is 13.1. The second-order valence-electron chi connectivity index (χ2n) is 8.95. The number of amides is 2. The second-order valence-corrected chi connectivity index (χ2v) is 9.95. The fourth-order valence-electron chi connectivity index (χ4n) is 4.03. The number of morpholine rings is 1. The third-order valence-corrected chi connectivity index (χ3v) is 7.31. The topological polar surface area (TPSA) is 106 Å². The fraction of sp³-hybridized carbons (Fsp3) is 0.440. The van der Waals surface area contributed by atoms with Crippen LogP contribution >= 0.6 is 11.3 Å². The van der Waals surface area contributed by atoms with E-state index in [0.29, 0.717) is 52.0 Å². The molecule has 1 fully saturated rings. The first-order chi connectivity index (χ1) is 16.8. The average molecular weight is 498 g/mol. The van der Waals surface area contributed by atoms with E-state index in [9.17, 15) is 14.4 Å². The molecule has 3 heterocycles. The quantitative estimate of drug-likeness (QED) is 0.496. The number of ether oxygens (including phenoxy) is 1. The lowest BCUT2D eigenvalue weighted by atomic mass is 10.0. The minimum Gasteiger partial charge on any atom is -0.379 e. The van der Waals surface area contributed by atoms with E-state index in [1.807, 2.05) is 24.3 Å². The van der Waals surface area contributed by atoms with Crippen molar-refractivity contribution in [2.45, 2.75) is 33.2 Å². The van der Waals surface area contributed by atoms with E-state index < -0.39 is 0 Å². The molecule has 0 radical (unpaired) electrons. The highest BCUT2D eigenvalue weighted by molar-refractivity contribution is 7.20. The van der Waals surface area contributed by atoms with Crippen molar-refractivity contribution in [1.82, 2.24) is 19.8 Å². The van der Waals surface area contributed by atoms with E-state index in [1.165, 1.54) is 27.8 Å². The molecular weight excluding hydrogens is 466 g/mol. The predicted molar refractivity (Wildman–Crippen MR) is 137 cm³/mol. The zero-order valence-electron chi connectivity index (χ0n) is 20.3. The third-order valence-electron chi connectivity index (χ3n) is 6.12. The highest BCUT2D eigenvalue weighted by atomic mass is 32.1. The van der Waals surface area contributed by atoms with Gasteiger partial charge in [0, 0.05) is 31.9 Å². The lowest BCUT2D eigenvalue weighted by Gasteiger charge is -2.26. The molecule has 1 aliphatic rings. The van der Waals surface area contributed by atoms with Crippen LogP contribution in [0.15, 0.2) is 35.4 Å². The summed E-state index contributed by atoms with van der Waals surface area (Å²) < 4.78 is 6.62. The number of benzene rings is 1. The SMILES string of the molecule is Cc1c(C(=O)NCCN2CCOCC2)sc2ncn(CC(=O)Nc3ccc(C(C)C)cc3)c(=O)c12. The van der Waals surface area contributed by atoms with E-state index in [0.717, 1.165) is 19.6 Å². The Hall–Kier alpha value is -3.08. The lowest BCUT2D eigenvalue weighted by Crippen LogP contribution is -2.41. The Balaban J connectivity index is 1.42. The van der Waals surface area contributed by atoms with Crippen LogP contribution in [0.3, 0.4) is 0 Å². The smallest absolute Gasteiger partial charge is 0.262 e. The maximum Gasteiger partial charge on any atom is 0.262 e. The van der Waals surface area contributed by atoms with Crippen molar-refractivity contribution < 1.29 is 14.3 Å². The maximum absolute atomic E-state index is 13.1. The number of hydrogen-bond donors (Lipinski definition) is 2. The van der Waals surface area contributed by atoms with E-state index in [1.54, 1.807) is 6.92 Å². The Morgan fingerprint density at radius 1 is 1.17 bits per heavy atom. The molecule has 0 bridgehead atoms. The summed E-state index contributed by atoms with van der Waals surface area (Å²) in [6.07, 6.45) is 1.36. The van der Waals surface area contributed by atoms with Gasteiger partial charge in [-0.25, -0.2) is 4.98 Å². The van der Waals surface area contributed by atoms with Crippen LogP contribution in [-0.2, 0) is 16.1 Å². The molecule has 2 amide bonds. The highest BCUT2D eigenvalue weighted by Crippen LogP contribution is 2.26. The minimum absolute atomic E-state index is 0.163. The minimum atomic E-state index is -0.332. The molecule has 0 aliphatic carbocycles. The highest BCUT2D eigenvalue weighted by Gasteiger charge is 2.20. The molecule has 2 aromatic heterocycles. The van der Waals surface area contributed by atoms with Gasteiger partial charge in [0.25, 0.3) is 11.5 Å².